The SMILES string of the molecule is COc1cccc(C(=O)N2CCCN(C(=O)c3c(F)cccc3Cl)CC2)c1. The third kappa shape index (κ3) is 4.22. The van der Waals surface area contributed by atoms with E-state index in [1.165, 1.54) is 18.2 Å². The Morgan fingerprint density at radius 1 is 1.00 bits per heavy atom. The first kappa shape index (κ1) is 19.2. The molecule has 2 amide bonds. The standard InChI is InChI=1S/C20H20ClFN2O3/c1-27-15-6-2-5-14(13-15)19(25)23-9-4-10-24(12-11-23)20(26)18-16(21)7-3-8-17(18)22/h2-3,5-8,13H,4,9-12H2,1H3. The number of methoxy groups -OCH3 is 1. The van der Waals surface area contributed by atoms with Crippen molar-refractivity contribution in [2.24, 2.45) is 0 Å². The number of hydrogen-bond donors (Lipinski definition) is 0. The molecule has 0 bridgehead atoms. The van der Waals surface area contributed by atoms with Gasteiger partial charge >= 0.3 is 0 Å². The Hall–Kier alpha value is -2.60. The number of nitrogens with zero attached hydrogens (tertiary/aromatic N) is 2. The van der Waals surface area contributed by atoms with Crippen LogP contribution in [0.3, 0.4) is 0 Å². The van der Waals surface area contributed by atoms with Gasteiger partial charge in [0.25, 0.3) is 11.8 Å². The van der Waals surface area contributed by atoms with E-state index >= 15 is 0 Å². The Balaban J connectivity index is 1.72. The molecule has 1 aliphatic heterocycles. The molecule has 1 fully saturated rings. The van der Waals surface area contributed by atoms with Gasteiger partial charge in [0, 0.05) is 31.7 Å². The number of carbonyl (C=O) groups is 2. The fraction of sp³-hybridized carbons (Fsp3) is 0.300. The van der Waals surface area contributed by atoms with Crippen molar-refractivity contribution in [3.05, 3.63) is 64.4 Å². The van der Waals surface area contributed by atoms with Crippen LogP contribution < -0.4 is 4.74 Å². The molecule has 142 valence electrons. The third-order valence-electron chi connectivity index (χ3n) is 4.56. The summed E-state index contributed by atoms with van der Waals surface area (Å²) in [6.07, 6.45) is 0.605. The maximum Gasteiger partial charge on any atom is 0.258 e. The maximum atomic E-state index is 14.0. The molecular formula is C20H20ClFN2O3. The molecular weight excluding hydrogens is 371 g/mol. The van der Waals surface area contributed by atoms with Crippen molar-refractivity contribution in [3.63, 3.8) is 0 Å². The van der Waals surface area contributed by atoms with Crippen molar-refractivity contribution in [1.82, 2.24) is 9.80 Å². The monoisotopic (exact) mass is 390 g/mol. The Morgan fingerprint density at radius 3 is 2.33 bits per heavy atom. The summed E-state index contributed by atoms with van der Waals surface area (Å²) < 4.78 is 19.2. The maximum absolute atomic E-state index is 14.0. The molecule has 0 aliphatic carbocycles. The van der Waals surface area contributed by atoms with Crippen LogP contribution in [0.1, 0.15) is 27.1 Å². The van der Waals surface area contributed by atoms with Gasteiger partial charge in [-0.3, -0.25) is 9.59 Å². The van der Waals surface area contributed by atoms with E-state index in [1.54, 1.807) is 41.2 Å². The summed E-state index contributed by atoms with van der Waals surface area (Å²) in [5, 5.41) is 0.0913. The average molecular weight is 391 g/mol. The van der Waals surface area contributed by atoms with Crippen LogP contribution in [0.15, 0.2) is 42.5 Å². The van der Waals surface area contributed by atoms with Crippen LogP contribution >= 0.6 is 11.6 Å². The molecule has 0 spiro atoms. The van der Waals surface area contributed by atoms with Crippen molar-refractivity contribution in [3.8, 4) is 5.75 Å². The highest BCUT2D eigenvalue weighted by atomic mass is 35.5. The zero-order valence-electron chi connectivity index (χ0n) is 15.0. The lowest BCUT2D eigenvalue weighted by Gasteiger charge is -2.23. The van der Waals surface area contributed by atoms with Crippen LogP contribution in [0.5, 0.6) is 5.75 Å². The van der Waals surface area contributed by atoms with Gasteiger partial charge in [-0.05, 0) is 36.8 Å². The summed E-state index contributed by atoms with van der Waals surface area (Å²) >= 11 is 6.01. The highest BCUT2D eigenvalue weighted by Crippen LogP contribution is 2.22. The zero-order valence-corrected chi connectivity index (χ0v) is 15.7. The molecule has 2 aromatic carbocycles. The second kappa shape index (κ2) is 8.39. The molecule has 1 aliphatic rings. The van der Waals surface area contributed by atoms with Gasteiger partial charge in [0.1, 0.15) is 11.6 Å². The number of ether oxygens (including phenoxy) is 1. The molecule has 0 unspecified atom stereocenters. The van der Waals surface area contributed by atoms with E-state index in [4.69, 9.17) is 16.3 Å². The molecule has 0 saturated carbocycles. The number of rotatable bonds is 3. The molecule has 0 radical (unpaired) electrons. The van der Waals surface area contributed by atoms with Gasteiger partial charge in [0.2, 0.25) is 0 Å². The van der Waals surface area contributed by atoms with Crippen molar-refractivity contribution in [2.75, 3.05) is 33.3 Å². The fourth-order valence-electron chi connectivity index (χ4n) is 3.12. The van der Waals surface area contributed by atoms with E-state index in [9.17, 15) is 14.0 Å². The highest BCUT2D eigenvalue weighted by Gasteiger charge is 2.26. The van der Waals surface area contributed by atoms with E-state index in [0.717, 1.165) is 0 Å². The largest absolute Gasteiger partial charge is 0.497 e. The summed E-state index contributed by atoms with van der Waals surface area (Å²) in [7, 11) is 1.55. The average Bonchev–Trinajstić information content (AvgIpc) is 2.93. The van der Waals surface area contributed by atoms with Crippen LogP contribution in [0.25, 0.3) is 0 Å². The van der Waals surface area contributed by atoms with Crippen molar-refractivity contribution in [2.45, 2.75) is 6.42 Å². The van der Waals surface area contributed by atoms with Gasteiger partial charge in [0.15, 0.2) is 0 Å². The number of halogens is 2. The number of benzene rings is 2. The lowest BCUT2D eigenvalue weighted by Crippen LogP contribution is -2.37. The number of hydrogen-bond acceptors (Lipinski definition) is 3. The first-order valence-electron chi connectivity index (χ1n) is 8.68. The molecule has 2 aromatic rings. The van der Waals surface area contributed by atoms with Gasteiger partial charge < -0.3 is 14.5 Å². The molecule has 0 aromatic heterocycles. The van der Waals surface area contributed by atoms with E-state index in [0.29, 0.717) is 43.9 Å². The minimum atomic E-state index is -0.638. The first-order chi connectivity index (χ1) is 13.0. The van der Waals surface area contributed by atoms with E-state index < -0.39 is 11.7 Å². The molecule has 5 nitrogen and oxygen atoms in total. The van der Waals surface area contributed by atoms with Crippen LogP contribution in [0.4, 0.5) is 4.39 Å². The van der Waals surface area contributed by atoms with Crippen molar-refractivity contribution in [1.29, 1.82) is 0 Å². The summed E-state index contributed by atoms with van der Waals surface area (Å²) in [4.78, 5) is 28.7. The van der Waals surface area contributed by atoms with Crippen LogP contribution in [0.2, 0.25) is 5.02 Å². The van der Waals surface area contributed by atoms with E-state index in [-0.39, 0.29) is 16.5 Å². The Labute approximate surface area is 162 Å². The van der Waals surface area contributed by atoms with Crippen LogP contribution in [-0.2, 0) is 0 Å². The summed E-state index contributed by atoms with van der Waals surface area (Å²) in [5.74, 6) is -0.594. The smallest absolute Gasteiger partial charge is 0.258 e. The quantitative estimate of drug-likeness (QED) is 0.806. The molecule has 3 rings (SSSR count). The summed E-state index contributed by atoms with van der Waals surface area (Å²) in [5.41, 5.74) is 0.415. The third-order valence-corrected chi connectivity index (χ3v) is 4.88. The van der Waals surface area contributed by atoms with Gasteiger partial charge in [-0.2, -0.15) is 0 Å². The van der Waals surface area contributed by atoms with Gasteiger partial charge in [-0.25, -0.2) is 4.39 Å². The number of carbonyl (C=O) groups excluding carboxylic acids is 2. The normalized spacial score (nSPS) is 14.6. The zero-order chi connectivity index (χ0) is 19.4. The van der Waals surface area contributed by atoms with Crippen molar-refractivity contribution >= 4 is 23.4 Å². The molecule has 1 heterocycles. The van der Waals surface area contributed by atoms with Crippen LogP contribution in [0, 0.1) is 5.82 Å². The second-order valence-corrected chi connectivity index (χ2v) is 6.67. The second-order valence-electron chi connectivity index (χ2n) is 6.27. The highest BCUT2D eigenvalue weighted by molar-refractivity contribution is 6.33. The predicted molar refractivity (Wildman–Crippen MR) is 101 cm³/mol. The minimum Gasteiger partial charge on any atom is -0.497 e. The van der Waals surface area contributed by atoms with E-state index in [1.807, 2.05) is 0 Å². The molecule has 7 heteroatoms. The van der Waals surface area contributed by atoms with Gasteiger partial charge in [-0.15, -0.1) is 0 Å². The lowest BCUT2D eigenvalue weighted by molar-refractivity contribution is 0.0716. The minimum absolute atomic E-state index is 0.0913. The Bertz CT molecular complexity index is 839. The van der Waals surface area contributed by atoms with Gasteiger partial charge in [0.05, 0.1) is 17.7 Å². The van der Waals surface area contributed by atoms with Crippen molar-refractivity contribution < 1.29 is 18.7 Å². The Morgan fingerprint density at radius 2 is 1.67 bits per heavy atom. The van der Waals surface area contributed by atoms with Gasteiger partial charge in [-0.1, -0.05) is 23.7 Å². The molecule has 1 saturated heterocycles. The molecule has 0 N–H and O–H groups in total. The topological polar surface area (TPSA) is 49.9 Å². The lowest BCUT2D eigenvalue weighted by atomic mass is 10.1. The molecule has 0 atom stereocenters. The molecule has 27 heavy (non-hydrogen) atoms. The van der Waals surface area contributed by atoms with E-state index in [2.05, 4.69) is 0 Å². The predicted octanol–water partition coefficient (Wildman–Crippen LogP) is 3.48. The van der Waals surface area contributed by atoms with Crippen LogP contribution in [-0.4, -0.2) is 54.9 Å². The summed E-state index contributed by atoms with van der Waals surface area (Å²) in [6, 6.07) is 11.1. The summed E-state index contributed by atoms with van der Waals surface area (Å²) in [6.45, 7) is 1.64. The fourth-order valence-corrected chi connectivity index (χ4v) is 3.37. The Kier molecular flexibility index (Phi) is 5.96. The first-order valence-corrected chi connectivity index (χ1v) is 9.05. The number of amides is 2.